The number of fused-ring (bicyclic) bond motifs is 1. The smallest absolute Gasteiger partial charge is 0.399 e. The quantitative estimate of drug-likeness (QED) is 0.536. The maximum Gasteiger partial charge on any atom is 0.494 e. The normalized spacial score (nSPS) is 18.3. The Kier molecular flexibility index (Phi) is 4.61. The van der Waals surface area contributed by atoms with Crippen LogP contribution in [-0.4, -0.2) is 28.3 Å². The van der Waals surface area contributed by atoms with E-state index in [0.717, 1.165) is 27.4 Å². The second-order valence-corrected chi connectivity index (χ2v) is 9.15. The molecule has 1 aromatic heterocycles. The van der Waals surface area contributed by atoms with E-state index in [9.17, 15) is 0 Å². The van der Waals surface area contributed by atoms with Crippen LogP contribution in [0.3, 0.4) is 0 Å². The van der Waals surface area contributed by atoms with Crippen LogP contribution < -0.4 is 5.46 Å². The first-order valence-electron chi connectivity index (χ1n) is 9.27. The highest BCUT2D eigenvalue weighted by atomic mass is 32.2. The van der Waals surface area contributed by atoms with Crippen molar-refractivity contribution < 1.29 is 9.31 Å². The van der Waals surface area contributed by atoms with Crippen LogP contribution in [0.25, 0.3) is 11.0 Å². The van der Waals surface area contributed by atoms with Crippen LogP contribution in [0, 0.1) is 6.92 Å². The fraction of sp³-hybridized carbons (Fsp3) is 0.381. The summed E-state index contributed by atoms with van der Waals surface area (Å²) in [7, 11) is -0.325. The van der Waals surface area contributed by atoms with Crippen molar-refractivity contribution in [2.45, 2.75) is 56.7 Å². The number of thioether (sulfide) groups is 1. The summed E-state index contributed by atoms with van der Waals surface area (Å²) >= 11 is 1.71. The molecule has 0 spiro atoms. The standard InChI is InChI=1S/C21H25BN2O2S/c1-14-9-10-17-18(11-14)24-19(23-17)27-13-15-7-6-8-16(12-15)22-25-20(2,3)21(4,5)26-22/h6-12H,13H2,1-5H3,(H,23,24). The SMILES string of the molecule is Cc1ccc2nc(SCc3cccc(B4OC(C)(C)C(C)(C)O4)c3)[nH]c2c1. The van der Waals surface area contributed by atoms with Gasteiger partial charge in [-0.15, -0.1) is 0 Å². The van der Waals surface area contributed by atoms with Gasteiger partial charge in [0.1, 0.15) is 0 Å². The minimum absolute atomic E-state index is 0.325. The Balaban J connectivity index is 1.48. The van der Waals surface area contributed by atoms with Gasteiger partial charge in [-0.2, -0.15) is 0 Å². The topological polar surface area (TPSA) is 47.1 Å². The Morgan fingerprint density at radius 1 is 1.04 bits per heavy atom. The summed E-state index contributed by atoms with van der Waals surface area (Å²) in [6.45, 7) is 10.4. The van der Waals surface area contributed by atoms with Gasteiger partial charge in [-0.3, -0.25) is 0 Å². The van der Waals surface area contributed by atoms with Crippen LogP contribution in [0.2, 0.25) is 0 Å². The Morgan fingerprint density at radius 3 is 2.52 bits per heavy atom. The number of nitrogens with one attached hydrogen (secondary N) is 1. The molecule has 4 nitrogen and oxygen atoms in total. The third kappa shape index (κ3) is 3.66. The van der Waals surface area contributed by atoms with Gasteiger partial charge in [-0.25, -0.2) is 4.98 Å². The molecule has 2 heterocycles. The van der Waals surface area contributed by atoms with Gasteiger partial charge in [-0.1, -0.05) is 42.1 Å². The fourth-order valence-corrected chi connectivity index (χ4v) is 3.96. The Morgan fingerprint density at radius 2 is 1.78 bits per heavy atom. The van der Waals surface area contributed by atoms with Crippen LogP contribution in [0.4, 0.5) is 0 Å². The van der Waals surface area contributed by atoms with Gasteiger partial charge >= 0.3 is 7.12 Å². The number of hydrogen-bond donors (Lipinski definition) is 1. The van der Waals surface area contributed by atoms with Crippen molar-refractivity contribution in [1.82, 2.24) is 9.97 Å². The minimum Gasteiger partial charge on any atom is -0.399 e. The maximum atomic E-state index is 6.17. The van der Waals surface area contributed by atoms with Crippen LogP contribution in [0.1, 0.15) is 38.8 Å². The Hall–Kier alpha value is -1.76. The lowest BCUT2D eigenvalue weighted by molar-refractivity contribution is 0.00578. The average Bonchev–Trinajstić information content (AvgIpc) is 3.10. The summed E-state index contributed by atoms with van der Waals surface area (Å²) in [5.41, 5.74) is 4.97. The van der Waals surface area contributed by atoms with Crippen LogP contribution in [0.15, 0.2) is 47.6 Å². The molecular formula is C21H25BN2O2S. The molecule has 1 N–H and O–H groups in total. The first kappa shape index (κ1) is 18.6. The van der Waals surface area contributed by atoms with Crippen molar-refractivity contribution in [3.63, 3.8) is 0 Å². The zero-order chi connectivity index (χ0) is 19.2. The van der Waals surface area contributed by atoms with Crippen molar-refractivity contribution in [3.8, 4) is 0 Å². The highest BCUT2D eigenvalue weighted by Gasteiger charge is 2.51. The lowest BCUT2D eigenvalue weighted by Gasteiger charge is -2.32. The second-order valence-electron chi connectivity index (χ2n) is 8.18. The molecule has 140 valence electrons. The zero-order valence-corrected chi connectivity index (χ0v) is 17.3. The average molecular weight is 380 g/mol. The van der Waals surface area contributed by atoms with E-state index < -0.39 is 0 Å². The van der Waals surface area contributed by atoms with Crippen molar-refractivity contribution >= 4 is 35.4 Å². The molecule has 6 heteroatoms. The molecular weight excluding hydrogens is 355 g/mol. The second kappa shape index (κ2) is 6.69. The van der Waals surface area contributed by atoms with Crippen LogP contribution >= 0.6 is 11.8 Å². The number of rotatable bonds is 4. The molecule has 0 radical (unpaired) electrons. The summed E-state index contributed by atoms with van der Waals surface area (Å²) in [6, 6.07) is 14.7. The molecule has 0 bridgehead atoms. The highest BCUT2D eigenvalue weighted by Crippen LogP contribution is 2.36. The Bertz CT molecular complexity index is 967. The van der Waals surface area contributed by atoms with Crippen molar-refractivity contribution in [3.05, 3.63) is 53.6 Å². The third-order valence-electron chi connectivity index (χ3n) is 5.47. The summed E-state index contributed by atoms with van der Waals surface area (Å²) < 4.78 is 12.3. The monoisotopic (exact) mass is 380 g/mol. The summed E-state index contributed by atoms with van der Waals surface area (Å²) in [5, 5.41) is 0.941. The number of aryl methyl sites for hydroxylation is 1. The molecule has 1 aliphatic rings. The molecule has 2 aromatic carbocycles. The fourth-order valence-electron chi connectivity index (χ4n) is 3.13. The molecule has 3 aromatic rings. The number of imidazole rings is 1. The highest BCUT2D eigenvalue weighted by molar-refractivity contribution is 7.98. The van der Waals surface area contributed by atoms with Gasteiger partial charge in [0.15, 0.2) is 5.16 Å². The lowest BCUT2D eigenvalue weighted by atomic mass is 9.78. The molecule has 27 heavy (non-hydrogen) atoms. The largest absolute Gasteiger partial charge is 0.494 e. The molecule has 0 saturated carbocycles. The predicted molar refractivity (Wildman–Crippen MR) is 113 cm³/mol. The van der Waals surface area contributed by atoms with E-state index in [4.69, 9.17) is 9.31 Å². The molecule has 4 rings (SSSR count). The van der Waals surface area contributed by atoms with Gasteiger partial charge in [-0.05, 0) is 63.3 Å². The van der Waals surface area contributed by atoms with Gasteiger partial charge in [0.05, 0.1) is 22.2 Å². The van der Waals surface area contributed by atoms with Crippen LogP contribution in [0.5, 0.6) is 0 Å². The molecule has 1 aliphatic heterocycles. The molecule has 0 amide bonds. The molecule has 0 unspecified atom stereocenters. The molecule has 1 saturated heterocycles. The van der Waals surface area contributed by atoms with Crippen LogP contribution in [-0.2, 0) is 15.1 Å². The van der Waals surface area contributed by atoms with E-state index in [1.165, 1.54) is 11.1 Å². The van der Waals surface area contributed by atoms with Gasteiger partial charge in [0, 0.05) is 5.75 Å². The Labute approximate surface area is 165 Å². The van der Waals surface area contributed by atoms with E-state index in [0.29, 0.717) is 0 Å². The zero-order valence-electron chi connectivity index (χ0n) is 16.5. The first-order valence-corrected chi connectivity index (χ1v) is 10.3. The maximum absolute atomic E-state index is 6.17. The van der Waals surface area contributed by atoms with Gasteiger partial charge < -0.3 is 14.3 Å². The van der Waals surface area contributed by atoms with E-state index in [-0.39, 0.29) is 18.3 Å². The predicted octanol–water partition coefficient (Wildman–Crippen LogP) is 4.46. The summed E-state index contributed by atoms with van der Waals surface area (Å²) in [6.07, 6.45) is 0. The van der Waals surface area contributed by atoms with Crippen molar-refractivity contribution in [1.29, 1.82) is 0 Å². The van der Waals surface area contributed by atoms with E-state index in [2.05, 4.69) is 87.1 Å². The van der Waals surface area contributed by atoms with E-state index in [1.807, 2.05) is 0 Å². The number of aromatic nitrogens is 2. The third-order valence-corrected chi connectivity index (χ3v) is 6.41. The number of H-pyrrole nitrogens is 1. The number of hydrogen-bond acceptors (Lipinski definition) is 4. The minimum atomic E-state index is -0.325. The molecule has 0 atom stereocenters. The number of aromatic amines is 1. The van der Waals surface area contributed by atoms with Gasteiger partial charge in [0.2, 0.25) is 0 Å². The van der Waals surface area contributed by atoms with E-state index in [1.54, 1.807) is 11.8 Å². The van der Waals surface area contributed by atoms with Crippen molar-refractivity contribution in [2.75, 3.05) is 0 Å². The van der Waals surface area contributed by atoms with Crippen molar-refractivity contribution in [2.24, 2.45) is 0 Å². The summed E-state index contributed by atoms with van der Waals surface area (Å²) in [4.78, 5) is 8.07. The lowest BCUT2D eigenvalue weighted by Crippen LogP contribution is -2.41. The molecule has 0 aliphatic carbocycles. The molecule has 1 fully saturated rings. The summed E-state index contributed by atoms with van der Waals surface area (Å²) in [5.74, 6) is 0.839. The number of nitrogens with zero attached hydrogens (tertiary/aromatic N) is 1. The van der Waals surface area contributed by atoms with E-state index >= 15 is 0 Å². The van der Waals surface area contributed by atoms with Gasteiger partial charge in [0.25, 0.3) is 0 Å². The number of benzene rings is 2. The first-order chi connectivity index (χ1) is 12.7.